The quantitative estimate of drug-likeness (QED) is 0.799. The van der Waals surface area contributed by atoms with Crippen molar-refractivity contribution in [3.05, 3.63) is 57.9 Å². The van der Waals surface area contributed by atoms with Gasteiger partial charge >= 0.3 is 6.03 Å². The first kappa shape index (κ1) is 17.8. The van der Waals surface area contributed by atoms with Gasteiger partial charge in [0.05, 0.1) is 11.4 Å². The minimum Gasteiger partial charge on any atom is -0.357 e. The zero-order chi connectivity index (χ0) is 18.8. The Kier molecular flexibility index (Phi) is 4.99. The second-order valence-corrected chi connectivity index (χ2v) is 7.81. The Morgan fingerprint density at radius 3 is 2.89 bits per heavy atom. The minimum atomic E-state index is -0.402. The van der Waals surface area contributed by atoms with Gasteiger partial charge < -0.3 is 10.6 Å². The van der Waals surface area contributed by atoms with Crippen molar-refractivity contribution < 1.29 is 9.59 Å². The van der Waals surface area contributed by atoms with Gasteiger partial charge in [-0.3, -0.25) is 9.69 Å². The Balaban J connectivity index is 1.92. The second kappa shape index (κ2) is 7.56. The number of para-hydroxylation sites is 2. The molecular weight excluding hydrogens is 358 g/mol. The topological polar surface area (TPSA) is 61.4 Å². The largest absolute Gasteiger partial charge is 0.357 e. The van der Waals surface area contributed by atoms with Crippen molar-refractivity contribution in [2.24, 2.45) is 0 Å². The number of hydrogen-bond donors (Lipinski definition) is 2. The van der Waals surface area contributed by atoms with Crippen LogP contribution in [0.3, 0.4) is 0 Å². The maximum absolute atomic E-state index is 13.2. The predicted molar refractivity (Wildman–Crippen MR) is 109 cm³/mol. The number of rotatable bonds is 3. The number of anilines is 2. The maximum atomic E-state index is 13.2. The van der Waals surface area contributed by atoms with Crippen LogP contribution < -0.4 is 15.5 Å². The third-order valence-corrected chi connectivity index (χ3v) is 5.92. The highest BCUT2D eigenvalue weighted by Crippen LogP contribution is 2.45. The Morgan fingerprint density at radius 1 is 1.26 bits per heavy atom. The lowest BCUT2D eigenvalue weighted by Crippen LogP contribution is -2.44. The van der Waals surface area contributed by atoms with Crippen LogP contribution in [0.2, 0.25) is 0 Å². The van der Waals surface area contributed by atoms with E-state index in [4.69, 9.17) is 0 Å². The van der Waals surface area contributed by atoms with Crippen LogP contribution in [0.5, 0.6) is 0 Å². The summed E-state index contributed by atoms with van der Waals surface area (Å²) in [6.07, 6.45) is 3.05. The molecule has 0 saturated heterocycles. The number of allylic oxidation sites excluding steroid dienone is 1. The number of Topliss-reactive ketones (excluding diaryl/α,β-unsaturated/α-hetero) is 1. The summed E-state index contributed by atoms with van der Waals surface area (Å²) in [5.41, 5.74) is 3.34. The summed E-state index contributed by atoms with van der Waals surface area (Å²) in [5, 5.41) is 8.46. The number of benzene rings is 1. The number of fused-ring (bicyclic) bond motifs is 1. The zero-order valence-electron chi connectivity index (χ0n) is 15.3. The maximum Gasteiger partial charge on any atom is 0.322 e. The average Bonchev–Trinajstić information content (AvgIpc) is 3.15. The summed E-state index contributed by atoms with van der Waals surface area (Å²) in [7, 11) is 0. The molecule has 2 aromatic rings. The highest BCUT2D eigenvalue weighted by molar-refractivity contribution is 7.10. The lowest BCUT2D eigenvalue weighted by molar-refractivity contribution is -0.116. The van der Waals surface area contributed by atoms with Gasteiger partial charge in [-0.2, -0.15) is 0 Å². The third kappa shape index (κ3) is 3.25. The van der Waals surface area contributed by atoms with E-state index in [1.807, 2.05) is 48.7 Å². The fourth-order valence-electron chi connectivity index (χ4n) is 3.79. The first-order valence-corrected chi connectivity index (χ1v) is 10.3. The predicted octanol–water partition coefficient (Wildman–Crippen LogP) is 4.85. The number of nitrogens with zero attached hydrogens (tertiary/aromatic N) is 1. The zero-order valence-corrected chi connectivity index (χ0v) is 16.1. The molecule has 1 aromatic carbocycles. The number of nitrogens with one attached hydrogen (secondary N) is 2. The van der Waals surface area contributed by atoms with E-state index < -0.39 is 6.04 Å². The molecule has 5 nitrogen and oxygen atoms in total. The molecule has 1 aromatic heterocycles. The Labute approximate surface area is 163 Å². The van der Waals surface area contributed by atoms with Crippen molar-refractivity contribution in [2.45, 2.75) is 38.6 Å². The molecule has 2 heterocycles. The standard InChI is InChI=1S/C21H23N3O2S/c1-2-12-22-21(26)24-16-9-4-3-7-14(16)23-15-8-5-10-17(25)19(15)20(24)18-11-6-13-27-18/h3-4,6-7,9,11,13,20,23H,2,5,8,10,12H2,1H3,(H,22,26). The smallest absolute Gasteiger partial charge is 0.322 e. The molecule has 0 saturated carbocycles. The molecule has 0 fully saturated rings. The molecule has 2 N–H and O–H groups in total. The number of carbonyl (C=O) groups excluding carboxylic acids is 2. The first-order valence-electron chi connectivity index (χ1n) is 9.43. The van der Waals surface area contributed by atoms with Crippen LogP contribution in [-0.4, -0.2) is 18.4 Å². The van der Waals surface area contributed by atoms with Crippen molar-refractivity contribution >= 4 is 34.5 Å². The molecule has 1 atom stereocenters. The normalized spacial score (nSPS) is 19.1. The van der Waals surface area contributed by atoms with Gasteiger partial charge in [0.1, 0.15) is 6.04 Å². The van der Waals surface area contributed by atoms with Crippen LogP contribution in [0.15, 0.2) is 53.0 Å². The minimum absolute atomic E-state index is 0.128. The van der Waals surface area contributed by atoms with E-state index in [1.54, 1.807) is 16.2 Å². The van der Waals surface area contributed by atoms with E-state index >= 15 is 0 Å². The van der Waals surface area contributed by atoms with Gasteiger partial charge in [0.15, 0.2) is 5.78 Å². The summed E-state index contributed by atoms with van der Waals surface area (Å²) in [6.45, 7) is 2.63. The molecule has 140 valence electrons. The van der Waals surface area contributed by atoms with E-state index in [0.717, 1.165) is 46.8 Å². The summed E-state index contributed by atoms with van der Waals surface area (Å²) in [5.74, 6) is 0.128. The third-order valence-electron chi connectivity index (χ3n) is 4.99. The van der Waals surface area contributed by atoms with E-state index in [1.165, 1.54) is 0 Å². The fraction of sp³-hybridized carbons (Fsp3) is 0.333. The number of urea groups is 1. The number of hydrogen-bond acceptors (Lipinski definition) is 4. The first-order chi connectivity index (χ1) is 13.2. The molecule has 0 bridgehead atoms. The van der Waals surface area contributed by atoms with E-state index in [-0.39, 0.29) is 11.8 Å². The fourth-order valence-corrected chi connectivity index (χ4v) is 4.61. The molecule has 2 aliphatic rings. The van der Waals surface area contributed by atoms with Crippen LogP contribution in [0, 0.1) is 0 Å². The van der Waals surface area contributed by atoms with Crippen molar-refractivity contribution in [3.63, 3.8) is 0 Å². The molecule has 1 unspecified atom stereocenters. The summed E-state index contributed by atoms with van der Waals surface area (Å²) in [6, 6.07) is 11.2. The highest BCUT2D eigenvalue weighted by atomic mass is 32.1. The Morgan fingerprint density at radius 2 is 2.11 bits per heavy atom. The Bertz CT molecular complexity index is 889. The lowest BCUT2D eigenvalue weighted by Gasteiger charge is -2.32. The van der Waals surface area contributed by atoms with Gasteiger partial charge in [-0.25, -0.2) is 4.79 Å². The van der Waals surface area contributed by atoms with Gasteiger partial charge in [0.25, 0.3) is 0 Å². The number of thiophene rings is 1. The monoisotopic (exact) mass is 381 g/mol. The van der Waals surface area contributed by atoms with Crippen LogP contribution in [0.1, 0.15) is 43.5 Å². The molecule has 4 rings (SSSR count). The van der Waals surface area contributed by atoms with Crippen LogP contribution in [0.4, 0.5) is 16.2 Å². The van der Waals surface area contributed by atoms with E-state index in [2.05, 4.69) is 10.6 Å². The SMILES string of the molecule is CCCNC(=O)N1c2ccccc2NC2=C(C(=O)CCC2)C1c1cccs1. The number of ketones is 1. The lowest BCUT2D eigenvalue weighted by atomic mass is 9.88. The van der Waals surface area contributed by atoms with Crippen LogP contribution in [-0.2, 0) is 4.79 Å². The molecule has 0 spiro atoms. The summed E-state index contributed by atoms with van der Waals surface area (Å²) >= 11 is 1.58. The molecule has 1 aliphatic carbocycles. The molecule has 2 amide bonds. The number of amides is 2. The van der Waals surface area contributed by atoms with Crippen molar-refractivity contribution in [3.8, 4) is 0 Å². The van der Waals surface area contributed by atoms with E-state index in [0.29, 0.717) is 13.0 Å². The van der Waals surface area contributed by atoms with Crippen LogP contribution in [0.25, 0.3) is 0 Å². The molecule has 6 heteroatoms. The average molecular weight is 382 g/mol. The number of carbonyl (C=O) groups is 2. The Hall–Kier alpha value is -2.60. The van der Waals surface area contributed by atoms with Crippen molar-refractivity contribution in [2.75, 3.05) is 16.8 Å². The highest BCUT2D eigenvalue weighted by Gasteiger charge is 2.39. The van der Waals surface area contributed by atoms with Crippen LogP contribution >= 0.6 is 11.3 Å². The van der Waals surface area contributed by atoms with Gasteiger partial charge in [-0.1, -0.05) is 25.1 Å². The van der Waals surface area contributed by atoms with Gasteiger partial charge in [-0.15, -0.1) is 11.3 Å². The molecule has 0 radical (unpaired) electrons. The van der Waals surface area contributed by atoms with Crippen molar-refractivity contribution in [1.29, 1.82) is 0 Å². The van der Waals surface area contributed by atoms with Gasteiger partial charge in [-0.05, 0) is 42.8 Å². The van der Waals surface area contributed by atoms with Gasteiger partial charge in [0, 0.05) is 29.1 Å². The molecule has 1 aliphatic heterocycles. The molecular formula is C21H23N3O2S. The summed E-state index contributed by atoms with van der Waals surface area (Å²) in [4.78, 5) is 28.9. The van der Waals surface area contributed by atoms with E-state index in [9.17, 15) is 9.59 Å². The van der Waals surface area contributed by atoms with Gasteiger partial charge in [0.2, 0.25) is 0 Å². The second-order valence-electron chi connectivity index (χ2n) is 6.83. The molecule has 27 heavy (non-hydrogen) atoms. The summed E-state index contributed by atoms with van der Waals surface area (Å²) < 4.78 is 0. The van der Waals surface area contributed by atoms with Crippen molar-refractivity contribution in [1.82, 2.24) is 5.32 Å².